The first-order chi connectivity index (χ1) is 7.83. The summed E-state index contributed by atoms with van der Waals surface area (Å²) in [6.45, 7) is 5.50. The Morgan fingerprint density at radius 3 is 2.65 bits per heavy atom. The van der Waals surface area contributed by atoms with E-state index >= 15 is 0 Å². The smallest absolute Gasteiger partial charge is 0.419 e. The van der Waals surface area contributed by atoms with Crippen LogP contribution in [0.1, 0.15) is 31.3 Å². The lowest BCUT2D eigenvalue weighted by molar-refractivity contribution is 0.0536. The molecule has 6 nitrogen and oxygen atoms in total. The fraction of sp³-hybridized carbons (Fsp3) is 0.545. The van der Waals surface area contributed by atoms with E-state index in [4.69, 9.17) is 4.74 Å². The monoisotopic (exact) mass is 239 g/mol. The van der Waals surface area contributed by atoms with Crippen LogP contribution in [0.3, 0.4) is 0 Å². The average molecular weight is 239 g/mol. The van der Waals surface area contributed by atoms with Crippen molar-refractivity contribution in [1.29, 1.82) is 0 Å². The molecule has 1 aromatic rings. The highest BCUT2D eigenvalue weighted by Gasteiger charge is 2.19. The molecule has 0 saturated heterocycles. The van der Waals surface area contributed by atoms with Gasteiger partial charge in [0, 0.05) is 6.20 Å². The van der Waals surface area contributed by atoms with E-state index in [2.05, 4.69) is 10.3 Å². The van der Waals surface area contributed by atoms with Gasteiger partial charge in [-0.25, -0.2) is 14.3 Å². The number of carbonyl (C=O) groups excluding carboxylic acids is 2. The van der Waals surface area contributed by atoms with Crippen molar-refractivity contribution in [3.8, 4) is 0 Å². The normalized spacial score (nSPS) is 11.3. The fourth-order valence-corrected chi connectivity index (χ4v) is 1.13. The minimum atomic E-state index is -0.573. The SMILES string of the molecule is CNCC(=O)c1cn(C(=O)OC(C)(C)C)cn1. The summed E-state index contributed by atoms with van der Waals surface area (Å²) in [4.78, 5) is 27.0. The predicted octanol–water partition coefficient (Wildman–Crippen LogP) is 1.07. The zero-order valence-electron chi connectivity index (χ0n) is 10.5. The number of ether oxygens (including phenoxy) is 1. The lowest BCUT2D eigenvalue weighted by Crippen LogP contribution is -2.26. The van der Waals surface area contributed by atoms with Gasteiger partial charge in [-0.3, -0.25) is 4.79 Å². The molecular weight excluding hydrogens is 222 g/mol. The third-order valence-corrected chi connectivity index (χ3v) is 1.81. The number of rotatable bonds is 3. The van der Waals surface area contributed by atoms with Gasteiger partial charge in [0.2, 0.25) is 0 Å². The molecule has 94 valence electrons. The van der Waals surface area contributed by atoms with E-state index in [1.807, 2.05) is 0 Å². The summed E-state index contributed by atoms with van der Waals surface area (Å²) >= 11 is 0. The number of ketones is 1. The van der Waals surface area contributed by atoms with Crippen LogP contribution in [-0.4, -0.2) is 40.6 Å². The number of aromatic nitrogens is 2. The van der Waals surface area contributed by atoms with Crippen LogP contribution < -0.4 is 5.32 Å². The van der Waals surface area contributed by atoms with Gasteiger partial charge in [-0.1, -0.05) is 0 Å². The highest BCUT2D eigenvalue weighted by Crippen LogP contribution is 2.09. The van der Waals surface area contributed by atoms with Crippen molar-refractivity contribution in [1.82, 2.24) is 14.9 Å². The summed E-state index contributed by atoms with van der Waals surface area (Å²) in [5.74, 6) is -0.171. The molecule has 0 aliphatic heterocycles. The number of nitrogens with zero attached hydrogens (tertiary/aromatic N) is 2. The van der Waals surface area contributed by atoms with Crippen LogP contribution >= 0.6 is 0 Å². The second-order valence-electron chi connectivity index (χ2n) is 4.60. The molecule has 1 rings (SSSR count). The molecule has 0 aliphatic rings. The molecule has 1 aromatic heterocycles. The van der Waals surface area contributed by atoms with Gasteiger partial charge in [-0.05, 0) is 27.8 Å². The molecule has 0 spiro atoms. The van der Waals surface area contributed by atoms with Gasteiger partial charge in [0.15, 0.2) is 5.78 Å². The Labute approximate surface area is 100.0 Å². The van der Waals surface area contributed by atoms with E-state index in [-0.39, 0.29) is 18.0 Å². The molecule has 0 radical (unpaired) electrons. The summed E-state index contributed by atoms with van der Waals surface area (Å²) in [5, 5.41) is 2.73. The highest BCUT2D eigenvalue weighted by atomic mass is 16.6. The van der Waals surface area contributed by atoms with Gasteiger partial charge in [-0.2, -0.15) is 0 Å². The number of carbonyl (C=O) groups is 2. The van der Waals surface area contributed by atoms with Crippen molar-refractivity contribution >= 4 is 11.9 Å². The fourth-order valence-electron chi connectivity index (χ4n) is 1.13. The maximum absolute atomic E-state index is 11.6. The van der Waals surface area contributed by atoms with E-state index in [9.17, 15) is 9.59 Å². The van der Waals surface area contributed by atoms with Crippen molar-refractivity contribution in [2.24, 2.45) is 0 Å². The topological polar surface area (TPSA) is 73.2 Å². The molecule has 0 aliphatic carbocycles. The van der Waals surface area contributed by atoms with Gasteiger partial charge >= 0.3 is 6.09 Å². The van der Waals surface area contributed by atoms with E-state index in [1.54, 1.807) is 27.8 Å². The van der Waals surface area contributed by atoms with Gasteiger partial charge in [0.25, 0.3) is 0 Å². The molecule has 0 atom stereocenters. The highest BCUT2D eigenvalue weighted by molar-refractivity contribution is 5.96. The molecule has 0 unspecified atom stereocenters. The average Bonchev–Trinajstić information content (AvgIpc) is 2.63. The molecule has 1 heterocycles. The number of likely N-dealkylation sites (N-methyl/N-ethyl adjacent to an activating group) is 1. The summed E-state index contributed by atoms with van der Waals surface area (Å²) in [7, 11) is 1.67. The van der Waals surface area contributed by atoms with Crippen LogP contribution in [0.4, 0.5) is 4.79 Å². The van der Waals surface area contributed by atoms with Crippen LogP contribution in [-0.2, 0) is 4.74 Å². The Morgan fingerprint density at radius 1 is 1.47 bits per heavy atom. The van der Waals surface area contributed by atoms with E-state index < -0.39 is 11.7 Å². The summed E-state index contributed by atoms with van der Waals surface area (Å²) in [5.41, 5.74) is -0.332. The maximum Gasteiger partial charge on any atom is 0.419 e. The van der Waals surface area contributed by atoms with E-state index in [0.717, 1.165) is 4.57 Å². The van der Waals surface area contributed by atoms with Crippen LogP contribution in [0.2, 0.25) is 0 Å². The van der Waals surface area contributed by atoms with E-state index in [0.29, 0.717) is 0 Å². The third kappa shape index (κ3) is 3.99. The third-order valence-electron chi connectivity index (χ3n) is 1.81. The minimum Gasteiger partial charge on any atom is -0.443 e. The standard InChI is InChI=1S/C11H17N3O3/c1-11(2,3)17-10(16)14-6-8(13-7-14)9(15)5-12-4/h6-7,12H,5H2,1-4H3. The van der Waals surface area contributed by atoms with Crippen molar-refractivity contribution in [3.05, 3.63) is 18.2 Å². The number of hydrogen-bond donors (Lipinski definition) is 1. The Bertz CT molecular complexity index is 418. The molecule has 0 aromatic carbocycles. The number of nitrogens with one attached hydrogen (secondary N) is 1. The van der Waals surface area contributed by atoms with E-state index in [1.165, 1.54) is 12.5 Å². The van der Waals surface area contributed by atoms with Crippen molar-refractivity contribution in [2.75, 3.05) is 13.6 Å². The first-order valence-corrected chi connectivity index (χ1v) is 5.28. The zero-order valence-corrected chi connectivity index (χ0v) is 10.5. The minimum absolute atomic E-state index is 0.171. The lowest BCUT2D eigenvalue weighted by Gasteiger charge is -2.18. The molecule has 6 heteroatoms. The number of hydrogen-bond acceptors (Lipinski definition) is 5. The second-order valence-corrected chi connectivity index (χ2v) is 4.60. The predicted molar refractivity (Wildman–Crippen MR) is 62.1 cm³/mol. The Balaban J connectivity index is 2.74. The maximum atomic E-state index is 11.6. The molecule has 0 bridgehead atoms. The first-order valence-electron chi connectivity index (χ1n) is 5.28. The van der Waals surface area contributed by atoms with Crippen LogP contribution in [0, 0.1) is 0 Å². The van der Waals surface area contributed by atoms with Crippen molar-refractivity contribution in [3.63, 3.8) is 0 Å². The summed E-state index contributed by atoms with van der Waals surface area (Å²) in [6, 6.07) is 0. The van der Waals surface area contributed by atoms with Crippen LogP contribution in [0.25, 0.3) is 0 Å². The summed E-state index contributed by atoms with van der Waals surface area (Å²) < 4.78 is 6.29. The van der Waals surface area contributed by atoms with Gasteiger partial charge in [0.05, 0.1) is 6.54 Å². The van der Waals surface area contributed by atoms with Gasteiger partial charge < -0.3 is 10.1 Å². The Kier molecular flexibility index (Phi) is 4.01. The Morgan fingerprint density at radius 2 is 2.12 bits per heavy atom. The van der Waals surface area contributed by atoms with Gasteiger partial charge in [0.1, 0.15) is 17.6 Å². The molecule has 0 amide bonds. The molecule has 0 fully saturated rings. The van der Waals surface area contributed by atoms with Crippen LogP contribution in [0.5, 0.6) is 0 Å². The van der Waals surface area contributed by atoms with Crippen LogP contribution in [0.15, 0.2) is 12.5 Å². The second kappa shape index (κ2) is 5.09. The number of imidazole rings is 1. The van der Waals surface area contributed by atoms with Gasteiger partial charge in [-0.15, -0.1) is 0 Å². The molecular formula is C11H17N3O3. The largest absolute Gasteiger partial charge is 0.443 e. The first kappa shape index (κ1) is 13.4. The van der Waals surface area contributed by atoms with Crippen molar-refractivity contribution in [2.45, 2.75) is 26.4 Å². The molecule has 1 N–H and O–H groups in total. The Hall–Kier alpha value is -1.69. The summed E-state index contributed by atoms with van der Waals surface area (Å²) in [6.07, 6.45) is 2.10. The molecule has 0 saturated carbocycles. The quantitative estimate of drug-likeness (QED) is 0.799. The zero-order chi connectivity index (χ0) is 13.1. The van der Waals surface area contributed by atoms with Crippen molar-refractivity contribution < 1.29 is 14.3 Å². The number of Topliss-reactive ketones (excluding diaryl/α,β-unsaturated/α-hetero) is 1. The molecule has 17 heavy (non-hydrogen) atoms. The lowest BCUT2D eigenvalue weighted by atomic mass is 10.2.